The summed E-state index contributed by atoms with van der Waals surface area (Å²) in [4.78, 5) is 4.04. The molecule has 3 aromatic carbocycles. The fourth-order valence-electron chi connectivity index (χ4n) is 9.79. The number of fused-ring (bicyclic) bond motifs is 5. The van der Waals surface area contributed by atoms with Crippen LogP contribution in [0.3, 0.4) is 0 Å². The summed E-state index contributed by atoms with van der Waals surface area (Å²) in [6, 6.07) is 16.1. The molecule has 0 radical (unpaired) electrons. The van der Waals surface area contributed by atoms with Crippen molar-refractivity contribution in [2.24, 2.45) is 24.8 Å². The van der Waals surface area contributed by atoms with Gasteiger partial charge in [0.15, 0.2) is 6.20 Å². The quantitative estimate of drug-likeness (QED) is 0.0941. The third-order valence-corrected chi connectivity index (χ3v) is 11.0. The molecule has 10 rings (SSSR count). The Morgan fingerprint density at radius 3 is 2.34 bits per heavy atom. The largest absolute Gasteiger partial charge is 0.317 e. The number of nitrogens with zero attached hydrogens (tertiary/aromatic N) is 3. The van der Waals surface area contributed by atoms with E-state index in [-0.39, 0.29) is 0 Å². The van der Waals surface area contributed by atoms with Gasteiger partial charge in [0.25, 0.3) is 0 Å². The minimum Gasteiger partial charge on any atom is -0.317 e. The molecule has 4 aliphatic carbocycles. The molecule has 3 heterocycles. The summed E-state index contributed by atoms with van der Waals surface area (Å²) in [5.41, 5.74) is 10.2. The van der Waals surface area contributed by atoms with Gasteiger partial charge in [-0.25, -0.2) is 9.41 Å². The predicted molar refractivity (Wildman–Crippen MR) is 155 cm³/mol. The highest BCUT2D eigenvalue weighted by Crippen LogP contribution is 2.61. The Balaban J connectivity index is 1.53. The SMILES string of the molecule is [C-]#[N+]c1cccc2c3cc(C)c(C)c4c3n(c3cc(C56CC7CC(CC(C7)C5)C6)cc5cc[n+](C)c4c53)c12. The summed E-state index contributed by atoms with van der Waals surface area (Å²) in [5, 5.41) is 6.48. The number of aryl methyl sites for hydroxylation is 3. The minimum absolute atomic E-state index is 0.325. The van der Waals surface area contributed by atoms with Crippen LogP contribution in [-0.2, 0) is 12.5 Å². The average molecular weight is 495 g/mol. The molecule has 4 bridgehead atoms. The Morgan fingerprint density at radius 2 is 1.63 bits per heavy atom. The first-order chi connectivity index (χ1) is 18.5. The van der Waals surface area contributed by atoms with Crippen LogP contribution in [0.2, 0.25) is 0 Å². The average Bonchev–Trinajstić information content (AvgIpc) is 3.23. The fourth-order valence-corrected chi connectivity index (χ4v) is 9.79. The monoisotopic (exact) mass is 494 g/mol. The number of hydrogen-bond donors (Lipinski definition) is 0. The maximum atomic E-state index is 8.08. The molecule has 0 unspecified atom stereocenters. The van der Waals surface area contributed by atoms with Gasteiger partial charge in [0, 0.05) is 11.5 Å². The normalized spacial score (nSPS) is 26.5. The van der Waals surface area contributed by atoms with Crippen molar-refractivity contribution in [1.82, 2.24) is 4.40 Å². The molecule has 4 fully saturated rings. The van der Waals surface area contributed by atoms with E-state index in [1.54, 1.807) is 5.56 Å². The van der Waals surface area contributed by atoms with Crippen LogP contribution in [0.4, 0.5) is 5.69 Å². The van der Waals surface area contributed by atoms with Crippen molar-refractivity contribution in [3.63, 3.8) is 0 Å². The zero-order valence-corrected chi connectivity index (χ0v) is 22.4. The minimum atomic E-state index is 0.325. The summed E-state index contributed by atoms with van der Waals surface area (Å²) in [6.45, 7) is 12.6. The van der Waals surface area contributed by atoms with Crippen molar-refractivity contribution < 1.29 is 4.57 Å². The zero-order valence-electron chi connectivity index (χ0n) is 22.4. The number of aromatic nitrogens is 2. The van der Waals surface area contributed by atoms with Crippen LogP contribution in [0.15, 0.2) is 48.7 Å². The molecule has 0 N–H and O–H groups in total. The molecule has 0 atom stereocenters. The smallest absolute Gasteiger partial charge is 0.224 e. The molecule has 0 saturated heterocycles. The molecular weight excluding hydrogens is 462 g/mol. The van der Waals surface area contributed by atoms with Crippen molar-refractivity contribution in [3.05, 3.63) is 76.8 Å². The molecule has 3 nitrogen and oxygen atoms in total. The van der Waals surface area contributed by atoms with Crippen LogP contribution in [-0.4, -0.2) is 4.40 Å². The number of hydrogen-bond acceptors (Lipinski definition) is 0. The van der Waals surface area contributed by atoms with Crippen LogP contribution in [0.1, 0.15) is 55.2 Å². The first-order valence-electron chi connectivity index (χ1n) is 14.4. The van der Waals surface area contributed by atoms with Crippen LogP contribution in [0, 0.1) is 38.2 Å². The summed E-state index contributed by atoms with van der Waals surface area (Å²) in [5.74, 6) is 2.74. The fraction of sp³-hybridized carbons (Fsp3) is 0.371. The third kappa shape index (κ3) is 2.43. The lowest BCUT2D eigenvalue weighted by Crippen LogP contribution is -2.48. The zero-order chi connectivity index (χ0) is 25.5. The van der Waals surface area contributed by atoms with E-state index in [2.05, 4.69) is 77.3 Å². The van der Waals surface area contributed by atoms with Gasteiger partial charge in [0.2, 0.25) is 11.2 Å². The second-order valence-electron chi connectivity index (χ2n) is 13.1. The molecule has 3 aromatic heterocycles. The standard InChI is InChI=1S/C35H32N3/c1-19-10-27-26-6-5-7-28(36-3)32(26)38-29-15-25(35-16-21-11-22(17-35)13-23(12-21)18-35)14-24-8-9-37(4)34(31(24)29)30(20(19)2)33(27)38/h5-10,14-15,21-23H,11-13,16-18H2,1-2,4H3/q+1. The molecule has 3 heteroatoms. The second kappa shape index (κ2) is 6.86. The van der Waals surface area contributed by atoms with E-state index >= 15 is 0 Å². The van der Waals surface area contributed by atoms with Gasteiger partial charge in [-0.05, 0) is 121 Å². The topological polar surface area (TPSA) is 12.6 Å². The summed E-state index contributed by atoms with van der Waals surface area (Å²) >= 11 is 0. The van der Waals surface area contributed by atoms with Crippen LogP contribution in [0.25, 0.3) is 53.8 Å². The van der Waals surface area contributed by atoms with Gasteiger partial charge in [-0.15, -0.1) is 0 Å². The summed E-state index contributed by atoms with van der Waals surface area (Å²) in [6.07, 6.45) is 10.7. The number of benzene rings is 3. The maximum Gasteiger partial charge on any atom is 0.224 e. The molecule has 186 valence electrons. The molecule has 0 aliphatic heterocycles. The van der Waals surface area contributed by atoms with Crippen molar-refractivity contribution >= 4 is 54.7 Å². The molecule has 4 aliphatic rings. The van der Waals surface area contributed by atoms with Crippen molar-refractivity contribution in [2.75, 3.05) is 0 Å². The van der Waals surface area contributed by atoms with Crippen molar-refractivity contribution in [1.29, 1.82) is 0 Å². The van der Waals surface area contributed by atoms with E-state index in [4.69, 9.17) is 6.57 Å². The molecule has 4 saturated carbocycles. The van der Waals surface area contributed by atoms with Crippen LogP contribution < -0.4 is 4.57 Å². The van der Waals surface area contributed by atoms with Gasteiger partial charge in [0.05, 0.1) is 33.9 Å². The molecule has 0 spiro atoms. The number of para-hydroxylation sites is 1. The van der Waals surface area contributed by atoms with E-state index < -0.39 is 0 Å². The molecule has 38 heavy (non-hydrogen) atoms. The van der Waals surface area contributed by atoms with E-state index in [1.165, 1.54) is 93.1 Å². The Labute approximate surface area is 222 Å². The van der Waals surface area contributed by atoms with Gasteiger partial charge >= 0.3 is 0 Å². The number of rotatable bonds is 1. The third-order valence-electron chi connectivity index (χ3n) is 11.0. The highest BCUT2D eigenvalue weighted by atomic mass is 15.0. The number of pyridine rings is 2. The van der Waals surface area contributed by atoms with E-state index in [1.807, 2.05) is 6.07 Å². The van der Waals surface area contributed by atoms with Crippen LogP contribution in [0.5, 0.6) is 0 Å². The van der Waals surface area contributed by atoms with E-state index in [0.29, 0.717) is 5.41 Å². The lowest BCUT2D eigenvalue weighted by molar-refractivity contribution is -0.643. The van der Waals surface area contributed by atoms with Gasteiger partial charge in [-0.2, -0.15) is 0 Å². The summed E-state index contributed by atoms with van der Waals surface area (Å²) in [7, 11) is 2.20. The Hall–Kier alpha value is -3.64. The second-order valence-corrected chi connectivity index (χ2v) is 13.1. The Kier molecular flexibility index (Phi) is 3.85. The lowest BCUT2D eigenvalue weighted by Gasteiger charge is -2.57. The Bertz CT molecular complexity index is 2010. The Morgan fingerprint density at radius 1 is 0.895 bits per heavy atom. The first kappa shape index (κ1) is 21.3. The van der Waals surface area contributed by atoms with E-state index in [0.717, 1.165) is 29.0 Å². The van der Waals surface area contributed by atoms with Crippen LogP contribution >= 0.6 is 0 Å². The lowest BCUT2D eigenvalue weighted by atomic mass is 9.48. The van der Waals surface area contributed by atoms with Gasteiger partial charge < -0.3 is 4.40 Å². The highest BCUT2D eigenvalue weighted by molar-refractivity contribution is 6.27. The van der Waals surface area contributed by atoms with Crippen molar-refractivity contribution in [2.45, 2.75) is 57.8 Å². The van der Waals surface area contributed by atoms with Gasteiger partial charge in [0.1, 0.15) is 7.05 Å². The molecule has 6 aromatic rings. The molecular formula is C35H32N3+. The van der Waals surface area contributed by atoms with Gasteiger partial charge in [-0.3, -0.25) is 0 Å². The van der Waals surface area contributed by atoms with Gasteiger partial charge in [-0.1, -0.05) is 18.2 Å². The maximum absolute atomic E-state index is 8.08. The highest BCUT2D eigenvalue weighted by Gasteiger charge is 2.51. The predicted octanol–water partition coefficient (Wildman–Crippen LogP) is 8.45. The molecule has 0 amide bonds. The van der Waals surface area contributed by atoms with E-state index in [9.17, 15) is 0 Å². The first-order valence-corrected chi connectivity index (χ1v) is 14.4. The van der Waals surface area contributed by atoms with Crippen molar-refractivity contribution in [3.8, 4) is 0 Å². The summed E-state index contributed by atoms with van der Waals surface area (Å²) < 4.78 is 4.81.